The highest BCUT2D eigenvalue weighted by Crippen LogP contribution is 2.24. The van der Waals surface area contributed by atoms with E-state index in [9.17, 15) is 13.9 Å². The molecule has 104 valence electrons. The maximum Gasteiger partial charge on any atom is 0.118 e. The standard InChI is InChI=1S/C14H18F2N2O/c1-10(7-15)5-14(19,9-16)6-12-4-11-8-17-3-2-13(11)18-12/h2-4,8,10,18-19H,5-7,9H2,1H3. The summed E-state index contributed by atoms with van der Waals surface area (Å²) in [5, 5.41) is 11.1. The monoisotopic (exact) mass is 268 g/mol. The third-order valence-corrected chi connectivity index (χ3v) is 3.24. The lowest BCUT2D eigenvalue weighted by Crippen LogP contribution is -2.36. The van der Waals surface area contributed by atoms with E-state index in [0.29, 0.717) is 0 Å². The number of H-pyrrole nitrogens is 1. The van der Waals surface area contributed by atoms with Gasteiger partial charge in [-0.1, -0.05) is 6.92 Å². The predicted molar refractivity (Wildman–Crippen MR) is 70.5 cm³/mol. The molecule has 19 heavy (non-hydrogen) atoms. The Labute approximate surface area is 110 Å². The molecule has 0 saturated carbocycles. The fraction of sp³-hybridized carbons (Fsp3) is 0.500. The molecular weight excluding hydrogens is 250 g/mol. The lowest BCUT2D eigenvalue weighted by molar-refractivity contribution is -0.00781. The number of alkyl halides is 2. The molecule has 2 aromatic rings. The highest BCUT2D eigenvalue weighted by atomic mass is 19.1. The van der Waals surface area contributed by atoms with Gasteiger partial charge in [-0.25, -0.2) is 4.39 Å². The Bertz CT molecular complexity index is 510. The molecule has 0 aliphatic carbocycles. The molecule has 0 spiro atoms. The lowest BCUT2D eigenvalue weighted by atomic mass is 9.89. The fourth-order valence-electron chi connectivity index (χ4n) is 2.36. The van der Waals surface area contributed by atoms with Crippen molar-refractivity contribution in [2.24, 2.45) is 5.92 Å². The van der Waals surface area contributed by atoms with Gasteiger partial charge in [0.1, 0.15) is 6.67 Å². The van der Waals surface area contributed by atoms with Crippen LogP contribution in [-0.4, -0.2) is 34.0 Å². The highest BCUT2D eigenvalue weighted by molar-refractivity contribution is 5.79. The zero-order valence-corrected chi connectivity index (χ0v) is 10.9. The van der Waals surface area contributed by atoms with Gasteiger partial charge in [-0.05, 0) is 24.5 Å². The molecular formula is C14H18F2N2O. The fourth-order valence-corrected chi connectivity index (χ4v) is 2.36. The first-order valence-electron chi connectivity index (χ1n) is 6.32. The van der Waals surface area contributed by atoms with E-state index in [2.05, 4.69) is 9.97 Å². The molecule has 2 atom stereocenters. The molecule has 2 unspecified atom stereocenters. The van der Waals surface area contributed by atoms with Crippen LogP contribution in [0.15, 0.2) is 24.5 Å². The number of fused-ring (bicyclic) bond motifs is 1. The smallest absolute Gasteiger partial charge is 0.118 e. The molecule has 0 bridgehead atoms. The Morgan fingerprint density at radius 2 is 2.26 bits per heavy atom. The van der Waals surface area contributed by atoms with E-state index in [1.54, 1.807) is 19.3 Å². The molecule has 2 rings (SSSR count). The number of nitrogens with zero attached hydrogens (tertiary/aromatic N) is 1. The molecule has 0 aromatic carbocycles. The van der Waals surface area contributed by atoms with Crippen LogP contribution in [0.2, 0.25) is 0 Å². The number of rotatable bonds is 6. The van der Waals surface area contributed by atoms with Crippen molar-refractivity contribution in [3.05, 3.63) is 30.2 Å². The van der Waals surface area contributed by atoms with Gasteiger partial charge in [-0.3, -0.25) is 9.37 Å². The van der Waals surface area contributed by atoms with E-state index in [1.165, 1.54) is 0 Å². The number of aromatic nitrogens is 2. The Balaban J connectivity index is 2.17. The van der Waals surface area contributed by atoms with Crippen LogP contribution in [0.1, 0.15) is 19.0 Å². The van der Waals surface area contributed by atoms with Crippen molar-refractivity contribution in [1.29, 1.82) is 0 Å². The average molecular weight is 268 g/mol. The molecule has 0 radical (unpaired) electrons. The van der Waals surface area contributed by atoms with Crippen LogP contribution in [0, 0.1) is 5.92 Å². The first kappa shape index (κ1) is 13.9. The zero-order valence-electron chi connectivity index (χ0n) is 10.9. The Hall–Kier alpha value is -1.49. The molecule has 0 saturated heterocycles. The Kier molecular flexibility index (Phi) is 4.14. The summed E-state index contributed by atoms with van der Waals surface area (Å²) in [6, 6.07) is 3.65. The van der Waals surface area contributed by atoms with Gasteiger partial charge in [-0.15, -0.1) is 0 Å². The predicted octanol–water partition coefficient (Wildman–Crippen LogP) is 2.80. The van der Waals surface area contributed by atoms with Crippen molar-refractivity contribution in [3.63, 3.8) is 0 Å². The van der Waals surface area contributed by atoms with Crippen molar-refractivity contribution in [2.45, 2.75) is 25.4 Å². The number of hydrogen-bond acceptors (Lipinski definition) is 2. The third kappa shape index (κ3) is 3.29. The Morgan fingerprint density at radius 3 is 2.89 bits per heavy atom. The van der Waals surface area contributed by atoms with E-state index in [-0.39, 0.29) is 18.8 Å². The summed E-state index contributed by atoms with van der Waals surface area (Å²) in [6.07, 6.45) is 3.61. The summed E-state index contributed by atoms with van der Waals surface area (Å²) >= 11 is 0. The van der Waals surface area contributed by atoms with Crippen LogP contribution >= 0.6 is 0 Å². The van der Waals surface area contributed by atoms with Crippen LogP contribution in [0.5, 0.6) is 0 Å². The number of hydrogen-bond donors (Lipinski definition) is 2. The average Bonchev–Trinajstić information content (AvgIpc) is 2.80. The highest BCUT2D eigenvalue weighted by Gasteiger charge is 2.30. The van der Waals surface area contributed by atoms with Gasteiger partial charge in [0, 0.05) is 35.4 Å². The van der Waals surface area contributed by atoms with Gasteiger partial charge < -0.3 is 10.1 Å². The number of aliphatic hydroxyl groups is 1. The van der Waals surface area contributed by atoms with E-state index >= 15 is 0 Å². The molecule has 3 nitrogen and oxygen atoms in total. The lowest BCUT2D eigenvalue weighted by Gasteiger charge is -2.26. The van der Waals surface area contributed by atoms with Gasteiger partial charge in [0.25, 0.3) is 0 Å². The topological polar surface area (TPSA) is 48.9 Å². The van der Waals surface area contributed by atoms with E-state index in [4.69, 9.17) is 0 Å². The number of halogens is 2. The van der Waals surface area contributed by atoms with Gasteiger partial charge in [0.2, 0.25) is 0 Å². The minimum absolute atomic E-state index is 0.105. The second-order valence-corrected chi connectivity index (χ2v) is 5.26. The third-order valence-electron chi connectivity index (χ3n) is 3.24. The Morgan fingerprint density at radius 1 is 1.47 bits per heavy atom. The van der Waals surface area contributed by atoms with Crippen molar-refractivity contribution < 1.29 is 13.9 Å². The van der Waals surface area contributed by atoms with Crippen LogP contribution < -0.4 is 0 Å². The molecule has 2 heterocycles. The number of aromatic amines is 1. The number of pyridine rings is 1. The summed E-state index contributed by atoms with van der Waals surface area (Å²) in [6.45, 7) is 0.222. The normalized spacial score (nSPS) is 16.4. The summed E-state index contributed by atoms with van der Waals surface area (Å²) in [4.78, 5) is 7.11. The SMILES string of the molecule is CC(CF)CC(O)(CF)Cc1cc2cnccc2[nH]1. The summed E-state index contributed by atoms with van der Waals surface area (Å²) in [5.74, 6) is -0.355. The number of nitrogens with one attached hydrogen (secondary N) is 1. The molecule has 0 aliphatic heterocycles. The molecule has 0 fully saturated rings. The van der Waals surface area contributed by atoms with Gasteiger partial charge in [0.15, 0.2) is 0 Å². The van der Waals surface area contributed by atoms with Gasteiger partial charge in [0.05, 0.1) is 12.3 Å². The summed E-state index contributed by atoms with van der Waals surface area (Å²) < 4.78 is 25.6. The van der Waals surface area contributed by atoms with Crippen LogP contribution in [0.4, 0.5) is 8.78 Å². The molecule has 0 amide bonds. The second kappa shape index (κ2) is 5.65. The molecule has 2 aromatic heterocycles. The van der Waals surface area contributed by atoms with Crippen molar-refractivity contribution in [3.8, 4) is 0 Å². The van der Waals surface area contributed by atoms with Crippen molar-refractivity contribution in [1.82, 2.24) is 9.97 Å². The summed E-state index contributed by atoms with van der Waals surface area (Å²) in [5.41, 5.74) is 0.110. The van der Waals surface area contributed by atoms with E-state index in [1.807, 2.05) is 12.1 Å². The molecule has 5 heteroatoms. The molecule has 2 N–H and O–H groups in total. The first-order chi connectivity index (χ1) is 9.06. The minimum Gasteiger partial charge on any atom is -0.387 e. The second-order valence-electron chi connectivity index (χ2n) is 5.26. The first-order valence-corrected chi connectivity index (χ1v) is 6.32. The quantitative estimate of drug-likeness (QED) is 0.846. The van der Waals surface area contributed by atoms with E-state index < -0.39 is 19.0 Å². The molecule has 0 aliphatic rings. The largest absolute Gasteiger partial charge is 0.387 e. The summed E-state index contributed by atoms with van der Waals surface area (Å²) in [7, 11) is 0. The van der Waals surface area contributed by atoms with E-state index in [0.717, 1.165) is 16.6 Å². The minimum atomic E-state index is -1.51. The zero-order chi connectivity index (χ0) is 13.9. The maximum atomic E-state index is 13.1. The van der Waals surface area contributed by atoms with Gasteiger partial charge in [-0.2, -0.15) is 0 Å². The van der Waals surface area contributed by atoms with Crippen LogP contribution in [0.3, 0.4) is 0 Å². The maximum absolute atomic E-state index is 13.1. The van der Waals surface area contributed by atoms with Crippen LogP contribution in [-0.2, 0) is 6.42 Å². The van der Waals surface area contributed by atoms with Gasteiger partial charge >= 0.3 is 0 Å². The van der Waals surface area contributed by atoms with Crippen LogP contribution in [0.25, 0.3) is 10.9 Å². The van der Waals surface area contributed by atoms with Crippen molar-refractivity contribution >= 4 is 10.9 Å². The van der Waals surface area contributed by atoms with Crippen molar-refractivity contribution in [2.75, 3.05) is 13.3 Å².